The van der Waals surface area contributed by atoms with E-state index in [4.69, 9.17) is 9.51 Å². The Hall–Kier alpha value is -3.09. The van der Waals surface area contributed by atoms with Gasteiger partial charge in [-0.2, -0.15) is 0 Å². The Balaban J connectivity index is 1.45. The monoisotopic (exact) mass is 363 g/mol. The summed E-state index contributed by atoms with van der Waals surface area (Å²) < 4.78 is 5.26. The largest absolute Gasteiger partial charge is 0.361 e. The molecular formula is C20H21N5O2. The Bertz CT molecular complexity index is 935. The van der Waals surface area contributed by atoms with Gasteiger partial charge in [0.2, 0.25) is 0 Å². The first-order valence-electron chi connectivity index (χ1n) is 9.06. The van der Waals surface area contributed by atoms with E-state index in [9.17, 15) is 4.79 Å². The molecule has 1 unspecified atom stereocenters. The number of likely N-dealkylation sites (tertiary alicyclic amines) is 1. The summed E-state index contributed by atoms with van der Waals surface area (Å²) in [5, 5.41) is 4.01. The number of nitrogens with zero attached hydrogens (tertiary/aromatic N) is 5. The highest BCUT2D eigenvalue weighted by Crippen LogP contribution is 2.27. The Kier molecular flexibility index (Phi) is 4.66. The molecule has 0 aliphatic carbocycles. The van der Waals surface area contributed by atoms with Crippen LogP contribution < -0.4 is 0 Å². The molecule has 0 radical (unpaired) electrons. The molecule has 3 aromatic rings. The highest BCUT2D eigenvalue weighted by molar-refractivity contribution is 5.92. The van der Waals surface area contributed by atoms with E-state index in [1.165, 1.54) is 6.20 Å². The van der Waals surface area contributed by atoms with Crippen molar-refractivity contribution in [2.75, 3.05) is 13.1 Å². The molecule has 27 heavy (non-hydrogen) atoms. The molecule has 4 heterocycles. The van der Waals surface area contributed by atoms with Gasteiger partial charge >= 0.3 is 0 Å². The van der Waals surface area contributed by atoms with Crippen LogP contribution in [0.3, 0.4) is 0 Å². The quantitative estimate of drug-likeness (QED) is 0.709. The third-order valence-electron chi connectivity index (χ3n) is 4.95. The maximum absolute atomic E-state index is 12.5. The van der Waals surface area contributed by atoms with Crippen molar-refractivity contribution < 1.29 is 9.32 Å². The second-order valence-electron chi connectivity index (χ2n) is 6.91. The van der Waals surface area contributed by atoms with Gasteiger partial charge in [0.25, 0.3) is 5.91 Å². The molecule has 1 aliphatic heterocycles. The lowest BCUT2D eigenvalue weighted by atomic mass is 10.0. The van der Waals surface area contributed by atoms with Crippen LogP contribution >= 0.6 is 0 Å². The molecule has 1 atom stereocenters. The van der Waals surface area contributed by atoms with Gasteiger partial charge in [-0.05, 0) is 44.7 Å². The zero-order valence-corrected chi connectivity index (χ0v) is 15.4. The average Bonchev–Trinajstić information content (AvgIpc) is 3.28. The average molecular weight is 363 g/mol. The third kappa shape index (κ3) is 3.58. The summed E-state index contributed by atoms with van der Waals surface area (Å²) in [6.07, 6.45) is 6.43. The van der Waals surface area contributed by atoms with E-state index in [0.717, 1.165) is 47.8 Å². The number of aromatic nitrogens is 4. The number of amides is 1. The molecular weight excluding hydrogens is 342 g/mol. The fraction of sp³-hybridized carbons (Fsp3) is 0.350. The van der Waals surface area contributed by atoms with E-state index in [1.807, 2.05) is 36.9 Å². The Morgan fingerprint density at radius 2 is 2.19 bits per heavy atom. The molecule has 0 N–H and O–H groups in total. The van der Waals surface area contributed by atoms with Crippen molar-refractivity contribution in [2.45, 2.75) is 26.7 Å². The summed E-state index contributed by atoms with van der Waals surface area (Å²) in [7, 11) is 0. The van der Waals surface area contributed by atoms with Gasteiger partial charge in [0.15, 0.2) is 0 Å². The van der Waals surface area contributed by atoms with Gasteiger partial charge < -0.3 is 9.42 Å². The lowest BCUT2D eigenvalue weighted by molar-refractivity contribution is 0.0780. The van der Waals surface area contributed by atoms with Crippen LogP contribution in [-0.2, 0) is 6.42 Å². The number of carbonyl (C=O) groups excluding carboxylic acids is 1. The molecule has 1 saturated heterocycles. The second-order valence-corrected chi connectivity index (χ2v) is 6.91. The maximum Gasteiger partial charge on any atom is 0.274 e. The predicted molar refractivity (Wildman–Crippen MR) is 99.0 cm³/mol. The summed E-state index contributed by atoms with van der Waals surface area (Å²) in [5.41, 5.74) is 4.11. The normalized spacial score (nSPS) is 16.7. The number of pyridine rings is 1. The van der Waals surface area contributed by atoms with Gasteiger partial charge in [0.1, 0.15) is 11.5 Å². The lowest BCUT2D eigenvalue weighted by Gasteiger charge is -2.15. The van der Waals surface area contributed by atoms with Crippen molar-refractivity contribution in [1.82, 2.24) is 25.0 Å². The van der Waals surface area contributed by atoms with Gasteiger partial charge in [0, 0.05) is 31.2 Å². The van der Waals surface area contributed by atoms with Crippen LogP contribution in [0, 0.1) is 19.8 Å². The first-order chi connectivity index (χ1) is 13.1. The van der Waals surface area contributed by atoms with Crippen molar-refractivity contribution in [3.63, 3.8) is 0 Å². The zero-order valence-electron chi connectivity index (χ0n) is 15.4. The number of hydrogen-bond donors (Lipinski definition) is 0. The molecule has 1 amide bonds. The van der Waals surface area contributed by atoms with E-state index < -0.39 is 0 Å². The Labute approximate surface area is 157 Å². The number of aryl methyl sites for hydroxylation is 2. The fourth-order valence-corrected chi connectivity index (χ4v) is 3.63. The van der Waals surface area contributed by atoms with Crippen LogP contribution in [0.1, 0.15) is 34.1 Å². The number of rotatable bonds is 4. The fourth-order valence-electron chi connectivity index (χ4n) is 3.63. The minimum atomic E-state index is -0.0527. The minimum Gasteiger partial charge on any atom is -0.361 e. The number of carbonyl (C=O) groups is 1. The molecule has 0 spiro atoms. The van der Waals surface area contributed by atoms with Gasteiger partial charge in [-0.25, -0.2) is 4.98 Å². The molecule has 1 aliphatic rings. The van der Waals surface area contributed by atoms with E-state index >= 15 is 0 Å². The maximum atomic E-state index is 12.5. The standard InChI is InChI=1S/C20H21N5O2/c1-13-19(14(2)27-24-13)17-5-3-4-16(23-17)10-15-6-9-25(12-15)20(26)18-11-21-7-8-22-18/h3-5,7-8,11,15H,6,9-10,12H2,1-2H3. The van der Waals surface area contributed by atoms with Crippen molar-refractivity contribution in [2.24, 2.45) is 5.92 Å². The molecule has 3 aromatic heterocycles. The molecule has 138 valence electrons. The van der Waals surface area contributed by atoms with Gasteiger partial charge in [-0.15, -0.1) is 0 Å². The Morgan fingerprint density at radius 3 is 2.93 bits per heavy atom. The molecule has 7 nitrogen and oxygen atoms in total. The van der Waals surface area contributed by atoms with E-state index in [1.54, 1.807) is 12.4 Å². The van der Waals surface area contributed by atoms with Crippen LogP contribution in [0.25, 0.3) is 11.3 Å². The summed E-state index contributed by atoms with van der Waals surface area (Å²) >= 11 is 0. The second kappa shape index (κ2) is 7.26. The van der Waals surface area contributed by atoms with Gasteiger partial charge in [-0.3, -0.25) is 14.8 Å². The van der Waals surface area contributed by atoms with E-state index in [0.29, 0.717) is 18.2 Å². The molecule has 0 aromatic carbocycles. The summed E-state index contributed by atoms with van der Waals surface area (Å²) in [4.78, 5) is 27.3. The van der Waals surface area contributed by atoms with Crippen molar-refractivity contribution in [1.29, 1.82) is 0 Å². The third-order valence-corrected chi connectivity index (χ3v) is 4.95. The minimum absolute atomic E-state index is 0.0527. The predicted octanol–water partition coefficient (Wildman–Crippen LogP) is 2.85. The molecule has 7 heteroatoms. The van der Waals surface area contributed by atoms with Gasteiger partial charge in [-0.1, -0.05) is 11.2 Å². The van der Waals surface area contributed by atoms with Crippen LogP contribution in [0.4, 0.5) is 0 Å². The SMILES string of the molecule is Cc1noc(C)c1-c1cccc(CC2CCN(C(=O)c3cnccn3)C2)n1. The van der Waals surface area contributed by atoms with Crippen LogP contribution in [-0.4, -0.2) is 44.0 Å². The number of hydrogen-bond acceptors (Lipinski definition) is 6. The smallest absolute Gasteiger partial charge is 0.274 e. The summed E-state index contributed by atoms with van der Waals surface area (Å²) in [6, 6.07) is 6.03. The van der Waals surface area contributed by atoms with E-state index in [-0.39, 0.29) is 5.91 Å². The van der Waals surface area contributed by atoms with Crippen LogP contribution in [0.5, 0.6) is 0 Å². The molecule has 4 rings (SSSR count). The summed E-state index contributed by atoms with van der Waals surface area (Å²) in [6.45, 7) is 5.28. The van der Waals surface area contributed by atoms with Crippen LogP contribution in [0.2, 0.25) is 0 Å². The van der Waals surface area contributed by atoms with Crippen molar-refractivity contribution in [3.8, 4) is 11.3 Å². The highest BCUT2D eigenvalue weighted by Gasteiger charge is 2.28. The molecule has 0 saturated carbocycles. The van der Waals surface area contributed by atoms with Crippen LogP contribution in [0.15, 0.2) is 41.3 Å². The highest BCUT2D eigenvalue weighted by atomic mass is 16.5. The summed E-state index contributed by atoms with van der Waals surface area (Å²) in [5.74, 6) is 1.11. The van der Waals surface area contributed by atoms with Gasteiger partial charge in [0.05, 0.1) is 23.1 Å². The van der Waals surface area contributed by atoms with Crippen molar-refractivity contribution >= 4 is 5.91 Å². The first kappa shape index (κ1) is 17.3. The first-order valence-corrected chi connectivity index (χ1v) is 9.06. The lowest BCUT2D eigenvalue weighted by Crippen LogP contribution is -2.29. The molecule has 0 bridgehead atoms. The Morgan fingerprint density at radius 1 is 1.30 bits per heavy atom. The van der Waals surface area contributed by atoms with E-state index in [2.05, 4.69) is 15.1 Å². The zero-order chi connectivity index (χ0) is 18.8. The molecule has 1 fully saturated rings. The van der Waals surface area contributed by atoms with Crippen molar-refractivity contribution in [3.05, 3.63) is 59.6 Å². The topological polar surface area (TPSA) is 85.0 Å².